The monoisotopic (exact) mass is 367 g/mol. The highest BCUT2D eigenvalue weighted by Crippen LogP contribution is 2.34. The van der Waals surface area contributed by atoms with Crippen molar-refractivity contribution in [2.24, 2.45) is 0 Å². The van der Waals surface area contributed by atoms with Crippen LogP contribution in [0.1, 0.15) is 5.56 Å². The van der Waals surface area contributed by atoms with Crippen LogP contribution in [0.2, 0.25) is 0 Å². The molecular formula is C19H17N3O5. The number of hydrogen-bond acceptors (Lipinski definition) is 7. The third kappa shape index (κ3) is 3.84. The van der Waals surface area contributed by atoms with Crippen LogP contribution in [0.25, 0.3) is 11.5 Å². The van der Waals surface area contributed by atoms with Gasteiger partial charge in [0.05, 0.1) is 13.5 Å². The Kier molecular flexibility index (Phi) is 4.61. The fraction of sp³-hybridized carbons (Fsp3) is 0.211. The van der Waals surface area contributed by atoms with Crippen LogP contribution in [0, 0.1) is 0 Å². The van der Waals surface area contributed by atoms with Crippen molar-refractivity contribution in [2.75, 3.05) is 25.6 Å². The first-order valence-electron chi connectivity index (χ1n) is 8.37. The quantitative estimate of drug-likeness (QED) is 0.741. The van der Waals surface area contributed by atoms with E-state index in [0.717, 1.165) is 11.3 Å². The van der Waals surface area contributed by atoms with Crippen molar-refractivity contribution in [2.45, 2.75) is 6.42 Å². The molecule has 0 atom stereocenters. The summed E-state index contributed by atoms with van der Waals surface area (Å²) < 4.78 is 21.7. The van der Waals surface area contributed by atoms with Crippen molar-refractivity contribution in [1.82, 2.24) is 10.2 Å². The number of methoxy groups -OCH3 is 1. The number of carbonyl (C=O) groups is 1. The number of nitrogens with zero attached hydrogens (tertiary/aromatic N) is 2. The van der Waals surface area contributed by atoms with E-state index in [-0.39, 0.29) is 24.2 Å². The molecule has 0 aliphatic carbocycles. The Labute approximate surface area is 155 Å². The van der Waals surface area contributed by atoms with E-state index in [0.29, 0.717) is 30.3 Å². The van der Waals surface area contributed by atoms with Crippen molar-refractivity contribution < 1.29 is 23.4 Å². The van der Waals surface area contributed by atoms with Gasteiger partial charge in [0.25, 0.3) is 0 Å². The van der Waals surface area contributed by atoms with E-state index in [9.17, 15) is 4.79 Å². The lowest BCUT2D eigenvalue weighted by molar-refractivity contribution is -0.115. The number of nitrogens with one attached hydrogen (secondary N) is 1. The average molecular weight is 367 g/mol. The molecule has 2 heterocycles. The van der Waals surface area contributed by atoms with E-state index in [2.05, 4.69) is 15.5 Å². The van der Waals surface area contributed by atoms with Gasteiger partial charge in [0.2, 0.25) is 11.8 Å². The Bertz CT molecular complexity index is 952. The number of anilines is 1. The molecule has 0 fully saturated rings. The molecule has 138 valence electrons. The summed E-state index contributed by atoms with van der Waals surface area (Å²) >= 11 is 0. The summed E-state index contributed by atoms with van der Waals surface area (Å²) in [6.45, 7) is 1.02. The SMILES string of the molecule is COc1ccc(CC(=O)Nc2nnc(-c3ccc4c(c3)OCCO4)o2)cc1. The number of carbonyl (C=O) groups excluding carboxylic acids is 1. The smallest absolute Gasteiger partial charge is 0.322 e. The second kappa shape index (κ2) is 7.36. The maximum atomic E-state index is 12.2. The van der Waals surface area contributed by atoms with E-state index < -0.39 is 0 Å². The van der Waals surface area contributed by atoms with Gasteiger partial charge in [-0.2, -0.15) is 0 Å². The van der Waals surface area contributed by atoms with Gasteiger partial charge < -0.3 is 18.6 Å². The molecule has 8 heteroatoms. The molecule has 1 N–H and O–H groups in total. The van der Waals surface area contributed by atoms with Crippen molar-refractivity contribution in [3.8, 4) is 28.7 Å². The number of amides is 1. The standard InChI is InChI=1S/C19H17N3O5/c1-24-14-5-2-12(3-6-14)10-17(23)20-19-22-21-18(27-19)13-4-7-15-16(11-13)26-9-8-25-15/h2-7,11H,8-10H2,1H3,(H,20,22,23). The first kappa shape index (κ1) is 16.9. The Morgan fingerprint density at radius 1 is 1.07 bits per heavy atom. The summed E-state index contributed by atoms with van der Waals surface area (Å²) in [4.78, 5) is 12.2. The van der Waals surface area contributed by atoms with Gasteiger partial charge in [-0.15, -0.1) is 5.10 Å². The zero-order chi connectivity index (χ0) is 18.6. The third-order valence-electron chi connectivity index (χ3n) is 3.98. The molecule has 0 bridgehead atoms. The van der Waals surface area contributed by atoms with E-state index >= 15 is 0 Å². The fourth-order valence-corrected chi connectivity index (χ4v) is 2.66. The van der Waals surface area contributed by atoms with Crippen molar-refractivity contribution in [3.05, 3.63) is 48.0 Å². The normalized spacial score (nSPS) is 12.5. The lowest BCUT2D eigenvalue weighted by atomic mass is 10.1. The lowest BCUT2D eigenvalue weighted by Crippen LogP contribution is -2.15. The Hall–Kier alpha value is -3.55. The first-order valence-corrected chi connectivity index (χ1v) is 8.37. The first-order chi connectivity index (χ1) is 13.2. The molecule has 1 aromatic heterocycles. The molecule has 3 aromatic rings. The van der Waals surface area contributed by atoms with Crippen molar-refractivity contribution >= 4 is 11.9 Å². The van der Waals surface area contributed by atoms with Gasteiger partial charge in [0, 0.05) is 5.56 Å². The van der Waals surface area contributed by atoms with Crippen LogP contribution in [0.15, 0.2) is 46.9 Å². The van der Waals surface area contributed by atoms with E-state index in [4.69, 9.17) is 18.6 Å². The van der Waals surface area contributed by atoms with Gasteiger partial charge in [-0.3, -0.25) is 10.1 Å². The molecule has 4 rings (SSSR count). The maximum Gasteiger partial charge on any atom is 0.322 e. The molecule has 1 aliphatic rings. The molecule has 1 aliphatic heterocycles. The molecule has 2 aromatic carbocycles. The minimum atomic E-state index is -0.252. The molecule has 0 unspecified atom stereocenters. The second-order valence-corrected chi connectivity index (χ2v) is 5.84. The summed E-state index contributed by atoms with van der Waals surface area (Å²) in [5.74, 6) is 2.07. The minimum Gasteiger partial charge on any atom is -0.497 e. The zero-order valence-electron chi connectivity index (χ0n) is 14.6. The number of hydrogen-bond donors (Lipinski definition) is 1. The fourth-order valence-electron chi connectivity index (χ4n) is 2.66. The van der Waals surface area contributed by atoms with E-state index in [1.807, 2.05) is 12.1 Å². The van der Waals surface area contributed by atoms with Gasteiger partial charge in [-0.25, -0.2) is 0 Å². The van der Waals surface area contributed by atoms with Gasteiger partial charge >= 0.3 is 6.01 Å². The van der Waals surface area contributed by atoms with Crippen LogP contribution in [-0.4, -0.2) is 36.4 Å². The highest BCUT2D eigenvalue weighted by atomic mass is 16.6. The predicted molar refractivity (Wildman–Crippen MR) is 96.1 cm³/mol. The Balaban J connectivity index is 1.42. The topological polar surface area (TPSA) is 95.7 Å². The molecule has 0 radical (unpaired) electrons. The molecule has 27 heavy (non-hydrogen) atoms. The van der Waals surface area contributed by atoms with E-state index in [1.54, 1.807) is 37.4 Å². The molecule has 8 nitrogen and oxygen atoms in total. The van der Waals surface area contributed by atoms with Crippen molar-refractivity contribution in [3.63, 3.8) is 0 Å². The molecule has 0 saturated carbocycles. The largest absolute Gasteiger partial charge is 0.497 e. The van der Waals surface area contributed by atoms with Crippen LogP contribution < -0.4 is 19.5 Å². The van der Waals surface area contributed by atoms with Gasteiger partial charge in [0.1, 0.15) is 19.0 Å². The van der Waals surface area contributed by atoms with Crippen molar-refractivity contribution in [1.29, 1.82) is 0 Å². The van der Waals surface area contributed by atoms with E-state index in [1.165, 1.54) is 0 Å². The predicted octanol–water partition coefficient (Wildman–Crippen LogP) is 2.70. The van der Waals surface area contributed by atoms with Crippen LogP contribution in [0.3, 0.4) is 0 Å². The minimum absolute atomic E-state index is 0.0402. The molecule has 0 saturated heterocycles. The number of aromatic nitrogens is 2. The Morgan fingerprint density at radius 2 is 1.85 bits per heavy atom. The highest BCUT2D eigenvalue weighted by Gasteiger charge is 2.16. The van der Waals surface area contributed by atoms with Gasteiger partial charge in [-0.1, -0.05) is 17.2 Å². The number of rotatable bonds is 5. The molecule has 0 spiro atoms. The summed E-state index contributed by atoms with van der Waals surface area (Å²) in [6.07, 6.45) is 0.186. The molecule has 1 amide bonds. The second-order valence-electron chi connectivity index (χ2n) is 5.84. The summed E-state index contributed by atoms with van der Waals surface area (Å²) in [7, 11) is 1.59. The average Bonchev–Trinajstić information content (AvgIpc) is 3.16. The lowest BCUT2D eigenvalue weighted by Gasteiger charge is -2.18. The molecular weight excluding hydrogens is 350 g/mol. The van der Waals surface area contributed by atoms with Crippen LogP contribution in [-0.2, 0) is 11.2 Å². The summed E-state index contributed by atoms with van der Waals surface area (Å²) in [5, 5.41) is 10.5. The maximum absolute atomic E-state index is 12.2. The van der Waals surface area contributed by atoms with Crippen LogP contribution >= 0.6 is 0 Å². The van der Waals surface area contributed by atoms with Crippen LogP contribution in [0.5, 0.6) is 17.2 Å². The van der Waals surface area contributed by atoms with Gasteiger partial charge in [-0.05, 0) is 35.9 Å². The Morgan fingerprint density at radius 3 is 2.63 bits per heavy atom. The van der Waals surface area contributed by atoms with Gasteiger partial charge in [0.15, 0.2) is 11.5 Å². The third-order valence-corrected chi connectivity index (χ3v) is 3.98. The number of benzene rings is 2. The number of ether oxygens (including phenoxy) is 3. The zero-order valence-corrected chi connectivity index (χ0v) is 14.6. The van der Waals surface area contributed by atoms with Crippen LogP contribution in [0.4, 0.5) is 6.01 Å². The summed E-state index contributed by atoms with van der Waals surface area (Å²) in [6, 6.07) is 12.6. The summed E-state index contributed by atoms with van der Waals surface area (Å²) in [5.41, 5.74) is 1.53. The number of fused-ring (bicyclic) bond motifs is 1. The highest BCUT2D eigenvalue weighted by molar-refractivity contribution is 5.90.